The van der Waals surface area contributed by atoms with Crippen LogP contribution in [0.15, 0.2) is 212 Å². The first-order valence-electron chi connectivity index (χ1n) is 23.2. The molecule has 0 atom stereocenters. The molecule has 64 heavy (non-hydrogen) atoms. The van der Waals surface area contributed by atoms with E-state index in [0.717, 1.165) is 31.4 Å². The van der Waals surface area contributed by atoms with Crippen molar-refractivity contribution >= 4 is 17.1 Å². The Hall–Kier alpha value is -7.22. The summed E-state index contributed by atoms with van der Waals surface area (Å²) in [5.41, 5.74) is 25.4. The van der Waals surface area contributed by atoms with Gasteiger partial charge in [0.05, 0.1) is 0 Å². The molecule has 9 aromatic carbocycles. The van der Waals surface area contributed by atoms with Crippen LogP contribution in [0, 0.1) is 0 Å². The van der Waals surface area contributed by atoms with Crippen molar-refractivity contribution in [1.29, 1.82) is 0 Å². The highest BCUT2D eigenvalue weighted by molar-refractivity contribution is 5.90. The van der Waals surface area contributed by atoms with E-state index in [2.05, 4.69) is 231 Å². The monoisotopic (exact) mass is 819 g/mol. The van der Waals surface area contributed by atoms with Gasteiger partial charge in [-0.3, -0.25) is 0 Å². The zero-order valence-corrected chi connectivity index (χ0v) is 36.5. The lowest BCUT2D eigenvalue weighted by atomic mass is 9.57. The molecule has 9 aromatic rings. The highest BCUT2D eigenvalue weighted by atomic mass is 15.1. The van der Waals surface area contributed by atoms with Crippen molar-refractivity contribution in [3.05, 3.63) is 246 Å². The van der Waals surface area contributed by atoms with E-state index in [1.54, 1.807) is 0 Å². The van der Waals surface area contributed by atoms with Crippen molar-refractivity contribution in [2.45, 2.75) is 55.8 Å². The fraction of sp³-hybridized carbons (Fsp3) is 0.143. The van der Waals surface area contributed by atoms with Crippen LogP contribution in [-0.4, -0.2) is 0 Å². The van der Waals surface area contributed by atoms with Gasteiger partial charge in [-0.1, -0.05) is 184 Å². The maximum absolute atomic E-state index is 2.58. The van der Waals surface area contributed by atoms with Gasteiger partial charge in [-0.25, -0.2) is 0 Å². The zero-order valence-electron chi connectivity index (χ0n) is 36.5. The Morgan fingerprint density at radius 2 is 0.672 bits per heavy atom. The van der Waals surface area contributed by atoms with Gasteiger partial charge >= 0.3 is 0 Å². The van der Waals surface area contributed by atoms with E-state index in [4.69, 9.17) is 0 Å². The summed E-state index contributed by atoms with van der Waals surface area (Å²) in [5.74, 6) is 0. The van der Waals surface area contributed by atoms with E-state index in [0.29, 0.717) is 0 Å². The molecule has 0 saturated heterocycles. The molecular weight excluding hydrogens is 771 g/mol. The van der Waals surface area contributed by atoms with Crippen LogP contribution in [0.2, 0.25) is 0 Å². The third-order valence-corrected chi connectivity index (χ3v) is 15.9. The number of nitrogens with zero attached hydrogens (tertiary/aromatic N) is 1. The van der Waals surface area contributed by atoms with Gasteiger partial charge in [-0.2, -0.15) is 0 Å². The zero-order chi connectivity index (χ0) is 42.6. The molecule has 0 amide bonds. The molecular formula is C63H49N. The molecule has 1 fully saturated rings. The first kappa shape index (κ1) is 37.3. The third kappa shape index (κ3) is 5.31. The Bertz CT molecular complexity index is 3310. The second kappa shape index (κ2) is 13.9. The summed E-state index contributed by atoms with van der Waals surface area (Å²) >= 11 is 0. The molecule has 1 saturated carbocycles. The Balaban J connectivity index is 0.958. The predicted octanol–water partition coefficient (Wildman–Crippen LogP) is 16.6. The van der Waals surface area contributed by atoms with Gasteiger partial charge in [0.15, 0.2) is 0 Å². The molecule has 4 aliphatic carbocycles. The lowest BCUT2D eigenvalue weighted by Gasteiger charge is -2.46. The minimum atomic E-state index is -0.111. The number of benzene rings is 9. The van der Waals surface area contributed by atoms with Crippen LogP contribution in [0.3, 0.4) is 0 Å². The minimum absolute atomic E-state index is 0.0318. The molecule has 2 spiro atoms. The second-order valence-electron chi connectivity index (χ2n) is 19.3. The van der Waals surface area contributed by atoms with Gasteiger partial charge in [-0.15, -0.1) is 0 Å². The van der Waals surface area contributed by atoms with E-state index in [9.17, 15) is 0 Å². The normalized spacial score (nSPS) is 19.1. The standard InChI is InChI=1S/C63H49N/c1-61(2)55-25-12-9-22-49(55)52-32-29-47(40-58(52)61)64(46-21-15-20-44(38-46)42-16-5-3-6-17-42)48-30-33-54-51-24-11-14-27-57(51)63(60(54)41-48)36-34-62(35-37-63)56-26-13-10-23-50(56)53-31-28-45(39-59(53)62)43-18-7-4-8-19-43/h3-33,38-41H,34-37H2,1-2H3. The summed E-state index contributed by atoms with van der Waals surface area (Å²) < 4.78 is 0. The van der Waals surface area contributed by atoms with Crippen LogP contribution in [-0.2, 0) is 16.2 Å². The van der Waals surface area contributed by atoms with E-state index in [1.807, 2.05) is 0 Å². The summed E-state index contributed by atoms with van der Waals surface area (Å²) in [5, 5.41) is 0. The molecule has 1 nitrogen and oxygen atoms in total. The Morgan fingerprint density at radius 3 is 1.25 bits per heavy atom. The second-order valence-corrected chi connectivity index (χ2v) is 19.3. The van der Waals surface area contributed by atoms with E-state index >= 15 is 0 Å². The topological polar surface area (TPSA) is 3.24 Å². The van der Waals surface area contributed by atoms with Crippen molar-refractivity contribution < 1.29 is 0 Å². The largest absolute Gasteiger partial charge is 0.310 e. The molecule has 0 aliphatic heterocycles. The van der Waals surface area contributed by atoms with Gasteiger partial charge in [0.2, 0.25) is 0 Å². The van der Waals surface area contributed by atoms with Crippen LogP contribution >= 0.6 is 0 Å². The first-order chi connectivity index (χ1) is 31.4. The molecule has 4 aliphatic rings. The quantitative estimate of drug-likeness (QED) is 0.167. The Morgan fingerprint density at radius 1 is 0.281 bits per heavy atom. The molecule has 0 aromatic heterocycles. The number of fused-ring (bicyclic) bond motifs is 13. The highest BCUT2D eigenvalue weighted by Gasteiger charge is 2.53. The lowest BCUT2D eigenvalue weighted by Crippen LogP contribution is -2.39. The molecule has 306 valence electrons. The molecule has 1 heteroatoms. The molecule has 0 bridgehead atoms. The number of rotatable bonds is 5. The number of anilines is 3. The summed E-state index contributed by atoms with van der Waals surface area (Å²) in [7, 11) is 0. The van der Waals surface area contributed by atoms with Gasteiger partial charge in [0, 0.05) is 33.3 Å². The first-order valence-corrected chi connectivity index (χ1v) is 23.2. The molecule has 0 unspecified atom stereocenters. The van der Waals surface area contributed by atoms with Gasteiger partial charge in [-0.05, 0) is 157 Å². The van der Waals surface area contributed by atoms with Crippen molar-refractivity contribution in [2.24, 2.45) is 0 Å². The average molecular weight is 820 g/mol. The molecule has 0 heterocycles. The number of hydrogen-bond donors (Lipinski definition) is 0. The molecule has 13 rings (SSSR count). The Kier molecular flexibility index (Phi) is 8.10. The van der Waals surface area contributed by atoms with Gasteiger partial charge in [0.1, 0.15) is 0 Å². The van der Waals surface area contributed by atoms with Crippen LogP contribution in [0.5, 0.6) is 0 Å². The van der Waals surface area contributed by atoms with Crippen molar-refractivity contribution in [1.82, 2.24) is 0 Å². The van der Waals surface area contributed by atoms with Gasteiger partial charge in [0.25, 0.3) is 0 Å². The SMILES string of the molecule is CC1(C)c2ccccc2-c2ccc(N(c3cccc(-c4ccccc4)c3)c3ccc4c(c3)C3(CCC5(CC3)c3ccccc3-c3ccc(-c6ccccc6)cc35)c3ccccc3-4)cc21. The van der Waals surface area contributed by atoms with E-state index in [-0.39, 0.29) is 16.2 Å². The maximum atomic E-state index is 2.58. The smallest absolute Gasteiger partial charge is 0.0467 e. The highest BCUT2D eigenvalue weighted by Crippen LogP contribution is 2.64. The summed E-state index contributed by atoms with van der Waals surface area (Å²) in [4.78, 5) is 2.53. The van der Waals surface area contributed by atoms with E-state index < -0.39 is 0 Å². The summed E-state index contributed by atoms with van der Waals surface area (Å²) in [6.07, 6.45) is 4.35. The molecule has 0 N–H and O–H groups in total. The fourth-order valence-electron chi connectivity index (χ4n) is 12.8. The van der Waals surface area contributed by atoms with Crippen molar-refractivity contribution in [2.75, 3.05) is 4.90 Å². The van der Waals surface area contributed by atoms with Crippen LogP contribution in [0.25, 0.3) is 55.6 Å². The predicted molar refractivity (Wildman–Crippen MR) is 267 cm³/mol. The molecule has 0 radical (unpaired) electrons. The average Bonchev–Trinajstić information content (AvgIpc) is 3.88. The van der Waals surface area contributed by atoms with Crippen LogP contribution in [0.1, 0.15) is 72.9 Å². The lowest BCUT2D eigenvalue weighted by molar-refractivity contribution is 0.265. The van der Waals surface area contributed by atoms with Crippen LogP contribution < -0.4 is 4.90 Å². The van der Waals surface area contributed by atoms with Gasteiger partial charge < -0.3 is 4.90 Å². The van der Waals surface area contributed by atoms with Crippen molar-refractivity contribution in [3.63, 3.8) is 0 Å². The third-order valence-electron chi connectivity index (χ3n) is 15.9. The summed E-state index contributed by atoms with van der Waals surface area (Å²) in [6, 6.07) is 80.4. The van der Waals surface area contributed by atoms with Crippen molar-refractivity contribution in [3.8, 4) is 55.6 Å². The summed E-state index contributed by atoms with van der Waals surface area (Å²) in [6.45, 7) is 4.77. The van der Waals surface area contributed by atoms with E-state index in [1.165, 1.54) is 100 Å². The fourth-order valence-corrected chi connectivity index (χ4v) is 12.8. The Labute approximate surface area is 377 Å². The number of hydrogen-bond acceptors (Lipinski definition) is 1. The maximum Gasteiger partial charge on any atom is 0.0467 e. The van der Waals surface area contributed by atoms with Crippen LogP contribution in [0.4, 0.5) is 17.1 Å². The minimum Gasteiger partial charge on any atom is -0.310 e.